The molecule has 1 aromatic carbocycles. The van der Waals surface area contributed by atoms with Crippen molar-refractivity contribution in [2.24, 2.45) is 0 Å². The van der Waals surface area contributed by atoms with E-state index in [9.17, 15) is 9.59 Å². The molecule has 0 spiro atoms. The number of carbonyl (C=O) groups is 2. The molecule has 1 N–H and O–H groups in total. The lowest BCUT2D eigenvalue weighted by Crippen LogP contribution is -2.49. The zero-order valence-corrected chi connectivity index (χ0v) is 12.4. The van der Waals surface area contributed by atoms with Crippen LogP contribution in [-0.2, 0) is 14.3 Å². The first kappa shape index (κ1) is 15.9. The van der Waals surface area contributed by atoms with E-state index in [1.807, 2.05) is 0 Å². The molecule has 1 aromatic rings. The van der Waals surface area contributed by atoms with Gasteiger partial charge in [-0.1, -0.05) is 23.2 Å². The Hall–Kier alpha value is -1.50. The molecule has 0 aromatic heterocycles. The van der Waals surface area contributed by atoms with Crippen molar-refractivity contribution in [3.05, 3.63) is 28.2 Å². The number of hydrogen-bond acceptors (Lipinski definition) is 4. The molecule has 1 heterocycles. The third-order valence-corrected chi connectivity index (χ3v) is 3.33. The average molecular weight is 334 g/mol. The van der Waals surface area contributed by atoms with Crippen LogP contribution < -0.4 is 4.74 Å². The van der Waals surface area contributed by atoms with Crippen molar-refractivity contribution in [3.8, 4) is 5.75 Å². The summed E-state index contributed by atoms with van der Waals surface area (Å²) in [5.41, 5.74) is 0. The Labute approximate surface area is 131 Å². The molecule has 1 aliphatic rings. The molecule has 1 saturated heterocycles. The summed E-state index contributed by atoms with van der Waals surface area (Å²) < 4.78 is 10.4. The number of aliphatic carboxylic acids is 1. The van der Waals surface area contributed by atoms with Crippen molar-refractivity contribution >= 4 is 35.1 Å². The second-order valence-electron chi connectivity index (χ2n) is 4.43. The quantitative estimate of drug-likeness (QED) is 0.907. The smallest absolute Gasteiger partial charge is 0.334 e. The summed E-state index contributed by atoms with van der Waals surface area (Å²) in [5, 5.41) is 9.69. The van der Waals surface area contributed by atoms with E-state index >= 15 is 0 Å². The van der Waals surface area contributed by atoms with E-state index in [0.717, 1.165) is 0 Å². The van der Waals surface area contributed by atoms with Gasteiger partial charge in [0.2, 0.25) is 0 Å². The van der Waals surface area contributed by atoms with Gasteiger partial charge in [0.25, 0.3) is 5.91 Å². The van der Waals surface area contributed by atoms with Crippen LogP contribution >= 0.6 is 23.2 Å². The molecule has 0 saturated carbocycles. The molecular formula is C13H13Cl2NO5. The summed E-state index contributed by atoms with van der Waals surface area (Å²) >= 11 is 11.7. The van der Waals surface area contributed by atoms with Gasteiger partial charge < -0.3 is 19.5 Å². The third kappa shape index (κ3) is 4.49. The van der Waals surface area contributed by atoms with Crippen molar-refractivity contribution in [3.63, 3.8) is 0 Å². The Morgan fingerprint density at radius 2 is 2.00 bits per heavy atom. The van der Waals surface area contributed by atoms with E-state index in [1.165, 1.54) is 4.90 Å². The van der Waals surface area contributed by atoms with Gasteiger partial charge in [-0.15, -0.1) is 0 Å². The molecule has 114 valence electrons. The lowest BCUT2D eigenvalue weighted by Gasteiger charge is -2.30. The van der Waals surface area contributed by atoms with Gasteiger partial charge in [-0.2, -0.15) is 0 Å². The van der Waals surface area contributed by atoms with Crippen LogP contribution in [0.15, 0.2) is 18.2 Å². The molecule has 2 rings (SSSR count). The van der Waals surface area contributed by atoms with Gasteiger partial charge in [0, 0.05) is 16.6 Å². The van der Waals surface area contributed by atoms with Gasteiger partial charge in [0.15, 0.2) is 12.7 Å². The Bertz CT molecular complexity index is 531. The molecular weight excluding hydrogens is 321 g/mol. The van der Waals surface area contributed by atoms with Gasteiger partial charge in [-0.25, -0.2) is 4.79 Å². The lowest BCUT2D eigenvalue weighted by atomic mass is 10.2. The van der Waals surface area contributed by atoms with Crippen LogP contribution in [0, 0.1) is 0 Å². The van der Waals surface area contributed by atoms with Gasteiger partial charge in [-0.05, 0) is 18.2 Å². The summed E-state index contributed by atoms with van der Waals surface area (Å²) in [7, 11) is 0. The molecule has 0 aliphatic carbocycles. The number of nitrogens with zero attached hydrogens (tertiary/aromatic N) is 1. The molecule has 1 aliphatic heterocycles. The largest absolute Gasteiger partial charge is 0.484 e. The maximum Gasteiger partial charge on any atom is 0.334 e. The summed E-state index contributed by atoms with van der Waals surface area (Å²) in [4.78, 5) is 24.2. The Kier molecular flexibility index (Phi) is 5.27. The molecule has 6 nitrogen and oxygen atoms in total. The Balaban J connectivity index is 1.90. The monoisotopic (exact) mass is 333 g/mol. The van der Waals surface area contributed by atoms with Crippen molar-refractivity contribution < 1.29 is 24.2 Å². The van der Waals surface area contributed by atoms with E-state index in [-0.39, 0.29) is 25.7 Å². The molecule has 1 atom stereocenters. The zero-order valence-electron chi connectivity index (χ0n) is 10.9. The van der Waals surface area contributed by atoms with Crippen LogP contribution in [0.4, 0.5) is 0 Å². The van der Waals surface area contributed by atoms with Crippen LogP contribution in [0.2, 0.25) is 10.0 Å². The second-order valence-corrected chi connectivity index (χ2v) is 5.30. The van der Waals surface area contributed by atoms with Gasteiger partial charge in [0.05, 0.1) is 13.2 Å². The normalized spacial score (nSPS) is 18.4. The topological polar surface area (TPSA) is 76.1 Å². The fourth-order valence-corrected chi connectivity index (χ4v) is 2.38. The summed E-state index contributed by atoms with van der Waals surface area (Å²) in [6.45, 7) is 0.310. The highest BCUT2D eigenvalue weighted by atomic mass is 35.5. The number of carboxylic acids is 1. The first-order valence-electron chi connectivity index (χ1n) is 6.17. The number of ether oxygens (including phenoxy) is 2. The maximum absolute atomic E-state index is 12.0. The van der Waals surface area contributed by atoms with Gasteiger partial charge in [-0.3, -0.25) is 4.79 Å². The van der Waals surface area contributed by atoms with Crippen LogP contribution in [0.1, 0.15) is 0 Å². The van der Waals surface area contributed by atoms with Gasteiger partial charge in [0.1, 0.15) is 5.75 Å². The van der Waals surface area contributed by atoms with Crippen molar-refractivity contribution in [2.45, 2.75) is 6.10 Å². The van der Waals surface area contributed by atoms with E-state index in [2.05, 4.69) is 0 Å². The number of rotatable bonds is 4. The molecule has 1 amide bonds. The van der Waals surface area contributed by atoms with Crippen molar-refractivity contribution in [2.75, 3.05) is 26.3 Å². The van der Waals surface area contributed by atoms with E-state index in [0.29, 0.717) is 22.3 Å². The number of halogens is 2. The Morgan fingerprint density at radius 1 is 1.33 bits per heavy atom. The number of carboxylic acid groups (broad SMARTS) is 1. The van der Waals surface area contributed by atoms with E-state index < -0.39 is 12.1 Å². The summed E-state index contributed by atoms with van der Waals surface area (Å²) in [6, 6.07) is 4.64. The minimum absolute atomic E-state index is 0.00777. The van der Waals surface area contributed by atoms with E-state index in [1.54, 1.807) is 18.2 Å². The van der Waals surface area contributed by atoms with Crippen LogP contribution in [0.3, 0.4) is 0 Å². The highest BCUT2D eigenvalue weighted by molar-refractivity contribution is 6.34. The minimum atomic E-state index is -1.09. The van der Waals surface area contributed by atoms with Crippen LogP contribution in [0.5, 0.6) is 5.75 Å². The fourth-order valence-electron chi connectivity index (χ4n) is 1.87. The van der Waals surface area contributed by atoms with Crippen molar-refractivity contribution in [1.82, 2.24) is 4.90 Å². The first-order valence-corrected chi connectivity index (χ1v) is 6.92. The maximum atomic E-state index is 12.0. The number of carbonyl (C=O) groups excluding carboxylic acids is 1. The lowest BCUT2D eigenvalue weighted by molar-refractivity contribution is -0.159. The number of amides is 1. The molecule has 0 radical (unpaired) electrons. The van der Waals surface area contributed by atoms with Crippen molar-refractivity contribution in [1.29, 1.82) is 0 Å². The predicted octanol–water partition coefficient (Wildman–Crippen LogP) is 1.68. The highest BCUT2D eigenvalue weighted by Crippen LogP contribution is 2.24. The van der Waals surface area contributed by atoms with Crippen LogP contribution in [0.25, 0.3) is 0 Å². The predicted molar refractivity (Wildman–Crippen MR) is 75.9 cm³/mol. The summed E-state index contributed by atoms with van der Waals surface area (Å²) in [5.74, 6) is -1.03. The Morgan fingerprint density at radius 3 is 2.62 bits per heavy atom. The zero-order chi connectivity index (χ0) is 15.4. The fraction of sp³-hybridized carbons (Fsp3) is 0.385. The first-order chi connectivity index (χ1) is 9.95. The van der Waals surface area contributed by atoms with E-state index in [4.69, 9.17) is 37.8 Å². The number of morpholine rings is 1. The molecule has 8 heteroatoms. The van der Waals surface area contributed by atoms with Gasteiger partial charge >= 0.3 is 5.97 Å². The average Bonchev–Trinajstić information content (AvgIpc) is 2.44. The molecule has 1 fully saturated rings. The number of hydrogen-bond donors (Lipinski definition) is 1. The molecule has 0 bridgehead atoms. The van der Waals surface area contributed by atoms with Crippen LogP contribution in [-0.4, -0.2) is 54.3 Å². The standard InChI is InChI=1S/C13H13Cl2NO5/c14-8-3-9(15)5-10(4-8)21-7-12(17)16-1-2-20-11(6-16)13(18)19/h3-5,11H,1-2,6-7H2,(H,18,19). The molecule has 21 heavy (non-hydrogen) atoms. The molecule has 1 unspecified atom stereocenters. The second kappa shape index (κ2) is 6.98. The minimum Gasteiger partial charge on any atom is -0.484 e. The highest BCUT2D eigenvalue weighted by Gasteiger charge is 2.29. The SMILES string of the molecule is O=C(O)C1CN(C(=O)COc2cc(Cl)cc(Cl)c2)CCO1. The third-order valence-electron chi connectivity index (χ3n) is 2.89. The number of benzene rings is 1. The summed E-state index contributed by atoms with van der Waals surface area (Å²) in [6.07, 6.45) is -0.997.